The SMILES string of the molecule is CC(=O)N(CCc1ccc(-c2ccccc2)cc1)Cc1cn(C)c2ccc(C(=O)Nc3ccc(F)cc3)cc12. The molecule has 1 N–H and O–H groups in total. The number of aromatic nitrogens is 1. The van der Waals surface area contributed by atoms with E-state index in [1.165, 1.54) is 35.4 Å². The lowest BCUT2D eigenvalue weighted by Gasteiger charge is -2.21. The van der Waals surface area contributed by atoms with E-state index in [4.69, 9.17) is 0 Å². The molecule has 5 nitrogen and oxygen atoms in total. The number of carbonyl (C=O) groups excluding carboxylic acids is 2. The zero-order chi connectivity index (χ0) is 27.4. The van der Waals surface area contributed by atoms with E-state index >= 15 is 0 Å². The van der Waals surface area contributed by atoms with E-state index in [0.29, 0.717) is 24.3 Å². The molecule has 0 spiro atoms. The van der Waals surface area contributed by atoms with Crippen molar-refractivity contribution in [3.63, 3.8) is 0 Å². The van der Waals surface area contributed by atoms with Crippen LogP contribution in [0.3, 0.4) is 0 Å². The number of carbonyl (C=O) groups is 2. The van der Waals surface area contributed by atoms with Gasteiger partial charge in [-0.2, -0.15) is 0 Å². The maximum Gasteiger partial charge on any atom is 0.255 e. The molecule has 0 atom stereocenters. The fraction of sp³-hybridized carbons (Fsp3) is 0.152. The molecular weight excluding hydrogens is 489 g/mol. The second kappa shape index (κ2) is 11.4. The van der Waals surface area contributed by atoms with Crippen LogP contribution in [0.15, 0.2) is 103 Å². The van der Waals surface area contributed by atoms with E-state index in [9.17, 15) is 14.0 Å². The van der Waals surface area contributed by atoms with Gasteiger partial charge in [0.05, 0.1) is 0 Å². The molecular formula is C33H30FN3O2. The monoisotopic (exact) mass is 519 g/mol. The minimum absolute atomic E-state index is 0.00174. The summed E-state index contributed by atoms with van der Waals surface area (Å²) in [6.07, 6.45) is 2.75. The maximum absolute atomic E-state index is 13.2. The van der Waals surface area contributed by atoms with Crippen molar-refractivity contribution in [2.75, 3.05) is 11.9 Å². The molecule has 0 aliphatic carbocycles. The largest absolute Gasteiger partial charge is 0.350 e. The van der Waals surface area contributed by atoms with Crippen molar-refractivity contribution in [3.05, 3.63) is 126 Å². The number of amides is 2. The van der Waals surface area contributed by atoms with Crippen LogP contribution in [0.4, 0.5) is 10.1 Å². The number of hydrogen-bond acceptors (Lipinski definition) is 2. The zero-order valence-corrected chi connectivity index (χ0v) is 22.0. The van der Waals surface area contributed by atoms with Crippen LogP contribution in [-0.2, 0) is 24.8 Å². The molecule has 0 aliphatic heterocycles. The Bertz CT molecular complexity index is 1610. The van der Waals surface area contributed by atoms with Crippen molar-refractivity contribution < 1.29 is 14.0 Å². The Morgan fingerprint density at radius 2 is 1.56 bits per heavy atom. The molecule has 39 heavy (non-hydrogen) atoms. The zero-order valence-electron chi connectivity index (χ0n) is 22.0. The van der Waals surface area contributed by atoms with Crippen LogP contribution in [0.2, 0.25) is 0 Å². The smallest absolute Gasteiger partial charge is 0.255 e. The molecule has 5 aromatic rings. The fourth-order valence-corrected chi connectivity index (χ4v) is 4.79. The highest BCUT2D eigenvalue weighted by atomic mass is 19.1. The first-order chi connectivity index (χ1) is 18.9. The molecule has 4 aromatic carbocycles. The number of rotatable bonds is 8. The van der Waals surface area contributed by atoms with Crippen molar-refractivity contribution in [2.45, 2.75) is 19.9 Å². The Morgan fingerprint density at radius 1 is 0.872 bits per heavy atom. The second-order valence-corrected chi connectivity index (χ2v) is 9.71. The average molecular weight is 520 g/mol. The van der Waals surface area contributed by atoms with Gasteiger partial charge in [0.2, 0.25) is 5.91 Å². The number of nitrogens with one attached hydrogen (secondary N) is 1. The van der Waals surface area contributed by atoms with Crippen LogP contribution >= 0.6 is 0 Å². The summed E-state index contributed by atoms with van der Waals surface area (Å²) < 4.78 is 15.2. The molecule has 196 valence electrons. The highest BCUT2D eigenvalue weighted by Gasteiger charge is 2.16. The maximum atomic E-state index is 13.2. The summed E-state index contributed by atoms with van der Waals surface area (Å²) >= 11 is 0. The number of hydrogen-bond donors (Lipinski definition) is 1. The van der Waals surface area contributed by atoms with Crippen molar-refractivity contribution in [2.24, 2.45) is 7.05 Å². The van der Waals surface area contributed by atoms with Gasteiger partial charge in [0.15, 0.2) is 0 Å². The van der Waals surface area contributed by atoms with Gasteiger partial charge in [-0.25, -0.2) is 4.39 Å². The number of halogens is 1. The van der Waals surface area contributed by atoms with Gasteiger partial charge in [0.1, 0.15) is 5.82 Å². The lowest BCUT2D eigenvalue weighted by Crippen LogP contribution is -2.30. The number of nitrogens with zero attached hydrogens (tertiary/aromatic N) is 2. The first-order valence-electron chi connectivity index (χ1n) is 12.9. The van der Waals surface area contributed by atoms with Crippen LogP contribution in [0, 0.1) is 5.82 Å². The summed E-state index contributed by atoms with van der Waals surface area (Å²) in [6, 6.07) is 29.9. The quantitative estimate of drug-likeness (QED) is 0.244. The molecule has 0 bridgehead atoms. The summed E-state index contributed by atoms with van der Waals surface area (Å²) in [5.41, 5.74) is 6.47. The first kappa shape index (κ1) is 25.9. The molecule has 0 saturated carbocycles. The van der Waals surface area contributed by atoms with Crippen molar-refractivity contribution in [1.82, 2.24) is 9.47 Å². The molecule has 0 radical (unpaired) electrons. The van der Waals surface area contributed by atoms with Crippen LogP contribution in [-0.4, -0.2) is 27.8 Å². The molecule has 0 aliphatic rings. The molecule has 1 aromatic heterocycles. The summed E-state index contributed by atoms with van der Waals surface area (Å²) in [5.74, 6) is -0.638. The Hall–Kier alpha value is -4.71. The predicted octanol–water partition coefficient (Wildman–Crippen LogP) is 6.83. The number of aryl methyl sites for hydroxylation is 1. The standard InChI is InChI=1S/C33H30FN3O2/c1-23(38)37(19-18-24-8-10-26(11-9-24)25-6-4-3-5-7-25)22-28-21-36(2)32-17-12-27(20-31(28)32)33(39)35-30-15-13-29(34)14-16-30/h3-17,20-21H,18-19,22H2,1-2H3,(H,35,39). The summed E-state index contributed by atoms with van der Waals surface area (Å²) in [6.45, 7) is 2.62. The number of anilines is 1. The third-order valence-electron chi connectivity index (χ3n) is 6.97. The number of fused-ring (bicyclic) bond motifs is 1. The topological polar surface area (TPSA) is 54.3 Å². The van der Waals surface area contributed by atoms with Crippen LogP contribution in [0.5, 0.6) is 0 Å². The lowest BCUT2D eigenvalue weighted by molar-refractivity contribution is -0.129. The van der Waals surface area contributed by atoms with E-state index in [1.54, 1.807) is 13.0 Å². The van der Waals surface area contributed by atoms with Crippen molar-refractivity contribution in [1.29, 1.82) is 0 Å². The normalized spacial score (nSPS) is 10.9. The van der Waals surface area contributed by atoms with Crippen LogP contribution < -0.4 is 5.32 Å². The van der Waals surface area contributed by atoms with E-state index in [1.807, 2.05) is 53.0 Å². The predicted molar refractivity (Wildman–Crippen MR) is 154 cm³/mol. The minimum atomic E-state index is -0.359. The van der Waals surface area contributed by atoms with Gasteiger partial charge in [-0.1, -0.05) is 54.6 Å². The Morgan fingerprint density at radius 3 is 2.26 bits per heavy atom. The van der Waals surface area contributed by atoms with Gasteiger partial charge in [-0.05, 0) is 71.1 Å². The van der Waals surface area contributed by atoms with Gasteiger partial charge in [0.25, 0.3) is 5.91 Å². The highest BCUT2D eigenvalue weighted by Crippen LogP contribution is 2.25. The summed E-state index contributed by atoms with van der Waals surface area (Å²) in [7, 11) is 1.95. The fourth-order valence-electron chi connectivity index (χ4n) is 4.79. The van der Waals surface area contributed by atoms with Crippen molar-refractivity contribution in [3.8, 4) is 11.1 Å². The van der Waals surface area contributed by atoms with E-state index < -0.39 is 0 Å². The Kier molecular flexibility index (Phi) is 7.55. The minimum Gasteiger partial charge on any atom is -0.350 e. The Labute approximate surface area is 227 Å². The average Bonchev–Trinajstić information content (AvgIpc) is 3.27. The summed E-state index contributed by atoms with van der Waals surface area (Å²) in [4.78, 5) is 27.3. The van der Waals surface area contributed by atoms with E-state index in [2.05, 4.69) is 41.7 Å². The van der Waals surface area contributed by atoms with Crippen molar-refractivity contribution >= 4 is 28.4 Å². The number of benzene rings is 4. The lowest BCUT2D eigenvalue weighted by atomic mass is 10.0. The van der Waals surface area contributed by atoms with Gasteiger partial charge in [0, 0.05) is 55.4 Å². The van der Waals surface area contributed by atoms with E-state index in [-0.39, 0.29) is 17.6 Å². The Balaban J connectivity index is 1.31. The molecule has 1 heterocycles. The van der Waals surface area contributed by atoms with Crippen LogP contribution in [0.25, 0.3) is 22.0 Å². The van der Waals surface area contributed by atoms with Gasteiger partial charge in [-0.15, -0.1) is 0 Å². The second-order valence-electron chi connectivity index (χ2n) is 9.71. The molecule has 0 unspecified atom stereocenters. The van der Waals surface area contributed by atoms with Gasteiger partial charge in [-0.3, -0.25) is 9.59 Å². The van der Waals surface area contributed by atoms with Gasteiger partial charge < -0.3 is 14.8 Å². The van der Waals surface area contributed by atoms with Crippen LogP contribution in [0.1, 0.15) is 28.4 Å². The molecule has 6 heteroatoms. The third kappa shape index (κ3) is 6.07. The van der Waals surface area contributed by atoms with E-state index in [0.717, 1.165) is 28.5 Å². The summed E-state index contributed by atoms with van der Waals surface area (Å²) in [5, 5.41) is 3.73. The molecule has 2 amide bonds. The molecule has 0 saturated heterocycles. The molecule has 0 fully saturated rings. The third-order valence-corrected chi connectivity index (χ3v) is 6.97. The molecule has 5 rings (SSSR count). The first-order valence-corrected chi connectivity index (χ1v) is 12.9. The van der Waals surface area contributed by atoms with Gasteiger partial charge >= 0.3 is 0 Å². The highest BCUT2D eigenvalue weighted by molar-refractivity contribution is 6.06.